The molecule has 0 aliphatic heterocycles. The molecule has 0 radical (unpaired) electrons. The lowest BCUT2D eigenvalue weighted by Crippen LogP contribution is -2.35. The van der Waals surface area contributed by atoms with Crippen LogP contribution in [0.25, 0.3) is 0 Å². The van der Waals surface area contributed by atoms with Crippen molar-refractivity contribution in [2.75, 3.05) is 6.61 Å². The van der Waals surface area contributed by atoms with Crippen molar-refractivity contribution in [1.82, 2.24) is 0 Å². The molecule has 2 N–H and O–H groups in total. The fourth-order valence-corrected chi connectivity index (χ4v) is 1.64. The van der Waals surface area contributed by atoms with Crippen LogP contribution in [0, 0.1) is 11.6 Å². The quantitative estimate of drug-likeness (QED) is 0.577. The second kappa shape index (κ2) is 7.33. The first-order valence-corrected chi connectivity index (χ1v) is 6.04. The van der Waals surface area contributed by atoms with Crippen LogP contribution in [0.15, 0.2) is 12.1 Å². The highest BCUT2D eigenvalue weighted by Gasteiger charge is 2.25. The molecule has 100 valence electrons. The predicted octanol–water partition coefficient (Wildman–Crippen LogP) is 1.60. The largest absolute Gasteiger partial charge is 0.495 e. The highest BCUT2D eigenvalue weighted by Crippen LogP contribution is 2.17. The van der Waals surface area contributed by atoms with Crippen LogP contribution in [0.4, 0.5) is 8.78 Å². The van der Waals surface area contributed by atoms with Crippen LogP contribution in [-0.2, 0) is 0 Å². The molecule has 6 heteroatoms. The van der Waals surface area contributed by atoms with Crippen molar-refractivity contribution in [2.45, 2.75) is 32.6 Å². The Hall–Kier alpha value is -1.14. The summed E-state index contributed by atoms with van der Waals surface area (Å²) < 4.78 is 31.9. The number of hydrogen-bond donors (Lipinski definition) is 2. The first-order valence-electron chi connectivity index (χ1n) is 6.04. The van der Waals surface area contributed by atoms with Gasteiger partial charge in [-0.3, -0.25) is 0 Å². The van der Waals surface area contributed by atoms with Crippen molar-refractivity contribution in [1.29, 1.82) is 0 Å². The van der Waals surface area contributed by atoms with E-state index in [0.29, 0.717) is 6.42 Å². The maximum Gasteiger partial charge on any atom is 0.495 e. The minimum absolute atomic E-state index is 0.222. The Bertz CT molecular complexity index is 386. The molecule has 0 atom stereocenters. The molecular weight excluding hydrogens is 241 g/mol. The number of hydrogen-bond acceptors (Lipinski definition) is 3. The van der Waals surface area contributed by atoms with Crippen LogP contribution in [0.5, 0.6) is 5.75 Å². The smallest absolute Gasteiger partial charge is 0.491 e. The minimum atomic E-state index is -2.09. The lowest BCUT2D eigenvalue weighted by atomic mass is 9.79. The second-order valence-electron chi connectivity index (χ2n) is 4.05. The van der Waals surface area contributed by atoms with Gasteiger partial charge in [0.25, 0.3) is 0 Å². The van der Waals surface area contributed by atoms with Gasteiger partial charge >= 0.3 is 7.12 Å². The van der Waals surface area contributed by atoms with Crippen molar-refractivity contribution < 1.29 is 23.6 Å². The number of benzene rings is 1. The van der Waals surface area contributed by atoms with Crippen molar-refractivity contribution in [3.8, 4) is 5.75 Å². The van der Waals surface area contributed by atoms with E-state index in [1.807, 2.05) is 0 Å². The molecule has 0 aliphatic carbocycles. The average molecular weight is 258 g/mol. The van der Waals surface area contributed by atoms with Gasteiger partial charge in [-0.25, -0.2) is 8.78 Å². The van der Waals surface area contributed by atoms with Gasteiger partial charge in [-0.1, -0.05) is 26.2 Å². The summed E-state index contributed by atoms with van der Waals surface area (Å²) in [6.07, 6.45) is 3.76. The van der Waals surface area contributed by atoms with Gasteiger partial charge in [0.2, 0.25) is 0 Å². The van der Waals surface area contributed by atoms with Crippen molar-refractivity contribution in [3.05, 3.63) is 23.8 Å². The van der Waals surface area contributed by atoms with Gasteiger partial charge < -0.3 is 14.8 Å². The molecule has 0 aliphatic rings. The van der Waals surface area contributed by atoms with Crippen LogP contribution in [0.2, 0.25) is 0 Å². The molecule has 0 saturated carbocycles. The van der Waals surface area contributed by atoms with E-state index in [4.69, 9.17) is 14.8 Å². The van der Waals surface area contributed by atoms with Gasteiger partial charge in [0, 0.05) is 0 Å². The minimum Gasteiger partial charge on any atom is -0.491 e. The van der Waals surface area contributed by atoms with Crippen LogP contribution in [-0.4, -0.2) is 23.8 Å². The molecule has 0 spiro atoms. The summed E-state index contributed by atoms with van der Waals surface area (Å²) in [5.74, 6) is -2.11. The molecule has 1 rings (SSSR count). The Morgan fingerprint density at radius 2 is 1.78 bits per heavy atom. The molecule has 18 heavy (non-hydrogen) atoms. The third-order valence-electron chi connectivity index (χ3n) is 2.60. The first-order chi connectivity index (χ1) is 8.57. The van der Waals surface area contributed by atoms with E-state index in [1.165, 1.54) is 0 Å². The van der Waals surface area contributed by atoms with Crippen LogP contribution < -0.4 is 10.2 Å². The summed E-state index contributed by atoms with van der Waals surface area (Å²) in [6.45, 7) is 2.29. The van der Waals surface area contributed by atoms with Crippen LogP contribution >= 0.6 is 0 Å². The van der Waals surface area contributed by atoms with Gasteiger partial charge in [-0.2, -0.15) is 0 Å². The maximum absolute atomic E-state index is 13.5. The monoisotopic (exact) mass is 258 g/mol. The normalized spacial score (nSPS) is 10.5. The van der Waals surface area contributed by atoms with E-state index >= 15 is 0 Å². The maximum atomic E-state index is 13.5. The van der Waals surface area contributed by atoms with Gasteiger partial charge in [-0.05, 0) is 18.6 Å². The molecule has 0 aromatic heterocycles. The first kappa shape index (κ1) is 14.9. The van der Waals surface area contributed by atoms with Crippen LogP contribution in [0.1, 0.15) is 32.6 Å². The van der Waals surface area contributed by atoms with E-state index in [9.17, 15) is 8.78 Å². The fourth-order valence-electron chi connectivity index (χ4n) is 1.64. The second-order valence-corrected chi connectivity index (χ2v) is 4.05. The Labute approximate surface area is 106 Å². The molecule has 0 fully saturated rings. The molecule has 0 bridgehead atoms. The predicted molar refractivity (Wildman–Crippen MR) is 65.8 cm³/mol. The molecule has 0 heterocycles. The SMILES string of the molecule is CCCCCCOc1c(F)ccc(F)c1B(O)O. The average Bonchev–Trinajstić information content (AvgIpc) is 2.32. The van der Waals surface area contributed by atoms with Crippen molar-refractivity contribution >= 4 is 12.6 Å². The van der Waals surface area contributed by atoms with Gasteiger partial charge in [0.05, 0.1) is 12.1 Å². The standard InChI is InChI=1S/C12H17BF2O3/c1-2-3-4-5-8-18-12-10(15)7-6-9(14)11(12)13(16)17/h6-7,16-17H,2-5,8H2,1H3. The molecule has 0 unspecified atom stereocenters. The summed E-state index contributed by atoms with van der Waals surface area (Å²) in [7, 11) is -2.09. The van der Waals surface area contributed by atoms with E-state index in [1.54, 1.807) is 0 Å². The van der Waals surface area contributed by atoms with Gasteiger partial charge in [0.1, 0.15) is 5.82 Å². The Morgan fingerprint density at radius 1 is 1.11 bits per heavy atom. The van der Waals surface area contributed by atoms with Gasteiger partial charge in [0.15, 0.2) is 11.6 Å². The molecule has 1 aromatic rings. The van der Waals surface area contributed by atoms with E-state index in [-0.39, 0.29) is 6.61 Å². The summed E-state index contributed by atoms with van der Waals surface area (Å²) in [4.78, 5) is 0. The van der Waals surface area contributed by atoms with E-state index in [0.717, 1.165) is 31.4 Å². The molecule has 3 nitrogen and oxygen atoms in total. The molecule has 1 aromatic carbocycles. The zero-order chi connectivity index (χ0) is 13.5. The van der Waals surface area contributed by atoms with E-state index in [2.05, 4.69) is 6.92 Å². The van der Waals surface area contributed by atoms with Gasteiger partial charge in [-0.15, -0.1) is 0 Å². The number of rotatable bonds is 7. The third-order valence-corrected chi connectivity index (χ3v) is 2.60. The summed E-state index contributed by atoms with van der Waals surface area (Å²) >= 11 is 0. The zero-order valence-corrected chi connectivity index (χ0v) is 10.3. The molecule has 0 saturated heterocycles. The Morgan fingerprint density at radius 3 is 2.39 bits per heavy atom. The van der Waals surface area contributed by atoms with Crippen molar-refractivity contribution in [3.63, 3.8) is 0 Å². The summed E-state index contributed by atoms with van der Waals surface area (Å²) in [6, 6.07) is 1.75. The summed E-state index contributed by atoms with van der Waals surface area (Å²) in [5.41, 5.74) is -0.550. The lowest BCUT2D eigenvalue weighted by Gasteiger charge is -2.12. The Kier molecular flexibility index (Phi) is 6.08. The lowest BCUT2D eigenvalue weighted by molar-refractivity contribution is 0.289. The molecule has 0 amide bonds. The van der Waals surface area contributed by atoms with Crippen LogP contribution in [0.3, 0.4) is 0 Å². The number of unbranched alkanes of at least 4 members (excludes halogenated alkanes) is 3. The van der Waals surface area contributed by atoms with Crippen molar-refractivity contribution in [2.24, 2.45) is 0 Å². The fraction of sp³-hybridized carbons (Fsp3) is 0.500. The summed E-state index contributed by atoms with van der Waals surface area (Å²) in [5, 5.41) is 18.0. The Balaban J connectivity index is 2.71. The topological polar surface area (TPSA) is 49.7 Å². The van der Waals surface area contributed by atoms with E-state index < -0.39 is 30.0 Å². The number of ether oxygens (including phenoxy) is 1. The zero-order valence-electron chi connectivity index (χ0n) is 10.3. The highest BCUT2D eigenvalue weighted by atomic mass is 19.1. The molecular formula is C12H17BF2O3. The highest BCUT2D eigenvalue weighted by molar-refractivity contribution is 6.59. The number of halogens is 2. The third kappa shape index (κ3) is 3.96.